The van der Waals surface area contributed by atoms with Gasteiger partial charge in [0.15, 0.2) is 0 Å². The van der Waals surface area contributed by atoms with Gasteiger partial charge in [-0.05, 0) is 18.3 Å². The Bertz CT molecular complexity index is 278. The Labute approximate surface area is 181 Å². The molecular weight excluding hydrogens is 336 g/mol. The van der Waals surface area contributed by atoms with Crippen molar-refractivity contribution in [1.29, 1.82) is 0 Å². The van der Waals surface area contributed by atoms with Crippen molar-refractivity contribution >= 4 is 0 Å². The van der Waals surface area contributed by atoms with E-state index in [9.17, 15) is 0 Å². The van der Waals surface area contributed by atoms with Gasteiger partial charge in [-0.3, -0.25) is 0 Å². The normalized spacial score (nSPS) is 12.0. The van der Waals surface area contributed by atoms with Crippen molar-refractivity contribution in [3.8, 4) is 0 Å². The Kier molecular flexibility index (Phi) is 21.7. The van der Waals surface area contributed by atoms with Crippen molar-refractivity contribution in [3.05, 3.63) is 0 Å². The van der Waals surface area contributed by atoms with Crippen molar-refractivity contribution in [1.82, 2.24) is 0 Å². The summed E-state index contributed by atoms with van der Waals surface area (Å²) in [5.41, 5.74) is 0.586. The first-order valence-electron chi connectivity index (χ1n) is 13.6. The molecule has 28 heavy (non-hydrogen) atoms. The van der Waals surface area contributed by atoms with Gasteiger partial charge in [-0.2, -0.15) is 0 Å². The van der Waals surface area contributed by atoms with Gasteiger partial charge in [0, 0.05) is 0 Å². The van der Waals surface area contributed by atoms with Crippen LogP contribution in [0, 0.1) is 5.41 Å². The standard InChI is InChI=1S/C28H58/c1-5-7-9-11-12-13-14-15-16-17-18-19-20-21-23-25-27-28(3,4)26-24-22-10-8-6-2/h5-27H2,1-4H3. The molecule has 0 nitrogen and oxygen atoms in total. The molecule has 0 fully saturated rings. The summed E-state index contributed by atoms with van der Waals surface area (Å²) >= 11 is 0. The quantitative estimate of drug-likeness (QED) is 0.151. The van der Waals surface area contributed by atoms with Crippen LogP contribution in [0.25, 0.3) is 0 Å². The van der Waals surface area contributed by atoms with Gasteiger partial charge < -0.3 is 0 Å². The van der Waals surface area contributed by atoms with E-state index in [0.29, 0.717) is 5.41 Å². The summed E-state index contributed by atoms with van der Waals surface area (Å²) in [5.74, 6) is 0. The minimum absolute atomic E-state index is 0.586. The lowest BCUT2D eigenvalue weighted by Crippen LogP contribution is -2.11. The third kappa shape index (κ3) is 22.3. The van der Waals surface area contributed by atoms with Gasteiger partial charge in [-0.25, -0.2) is 0 Å². The second kappa shape index (κ2) is 21.7. The second-order valence-electron chi connectivity index (χ2n) is 10.4. The van der Waals surface area contributed by atoms with E-state index in [1.807, 2.05) is 0 Å². The summed E-state index contributed by atoms with van der Waals surface area (Å²) < 4.78 is 0. The molecule has 0 spiro atoms. The van der Waals surface area contributed by atoms with E-state index in [1.54, 1.807) is 0 Å². The van der Waals surface area contributed by atoms with Gasteiger partial charge in [-0.15, -0.1) is 0 Å². The fourth-order valence-electron chi connectivity index (χ4n) is 4.48. The number of hydrogen-bond donors (Lipinski definition) is 0. The molecule has 0 saturated carbocycles. The smallest absolute Gasteiger partial charge is 0.0354 e. The van der Waals surface area contributed by atoms with Crippen LogP contribution in [0.4, 0.5) is 0 Å². The van der Waals surface area contributed by atoms with E-state index < -0.39 is 0 Å². The van der Waals surface area contributed by atoms with Crippen LogP contribution in [0.1, 0.15) is 175 Å². The van der Waals surface area contributed by atoms with Gasteiger partial charge in [0.2, 0.25) is 0 Å². The maximum absolute atomic E-state index is 2.50. The maximum Gasteiger partial charge on any atom is -0.0354 e. The van der Waals surface area contributed by atoms with E-state index in [0.717, 1.165) is 0 Å². The zero-order chi connectivity index (χ0) is 20.8. The van der Waals surface area contributed by atoms with Crippen LogP contribution in [-0.4, -0.2) is 0 Å². The number of rotatable bonds is 23. The molecule has 0 N–H and O–H groups in total. The first-order valence-corrected chi connectivity index (χ1v) is 13.6. The molecule has 0 unspecified atom stereocenters. The monoisotopic (exact) mass is 394 g/mol. The third-order valence-electron chi connectivity index (χ3n) is 6.66. The van der Waals surface area contributed by atoms with E-state index >= 15 is 0 Å². The van der Waals surface area contributed by atoms with Gasteiger partial charge >= 0.3 is 0 Å². The molecule has 170 valence electrons. The average molecular weight is 395 g/mol. The lowest BCUT2D eigenvalue weighted by Gasteiger charge is -2.24. The van der Waals surface area contributed by atoms with Crippen LogP contribution in [0.15, 0.2) is 0 Å². The highest BCUT2D eigenvalue weighted by Crippen LogP contribution is 2.30. The Hall–Kier alpha value is 0. The van der Waals surface area contributed by atoms with Crippen molar-refractivity contribution in [2.24, 2.45) is 5.41 Å². The molecule has 0 bridgehead atoms. The third-order valence-corrected chi connectivity index (χ3v) is 6.66. The molecule has 0 heteroatoms. The van der Waals surface area contributed by atoms with Gasteiger partial charge in [0.05, 0.1) is 0 Å². The molecule has 0 aromatic heterocycles. The van der Waals surface area contributed by atoms with Crippen LogP contribution in [0.3, 0.4) is 0 Å². The average Bonchev–Trinajstić information content (AvgIpc) is 2.67. The molecule has 0 atom stereocenters. The predicted octanol–water partition coefficient (Wildman–Crippen LogP) is 11.0. The summed E-state index contributed by atoms with van der Waals surface area (Å²) in [5, 5.41) is 0. The SMILES string of the molecule is CCCCCCCCCCCCCCCCCCC(C)(C)CCCCCCC. The highest BCUT2D eigenvalue weighted by Gasteiger charge is 2.16. The summed E-state index contributed by atoms with van der Waals surface area (Å²) in [6.45, 7) is 9.61. The van der Waals surface area contributed by atoms with Crippen LogP contribution in [-0.2, 0) is 0 Å². The summed E-state index contributed by atoms with van der Waals surface area (Å²) in [4.78, 5) is 0. The van der Waals surface area contributed by atoms with Crippen LogP contribution in [0.2, 0.25) is 0 Å². The molecule has 0 aromatic rings. The lowest BCUT2D eigenvalue weighted by molar-refractivity contribution is 0.282. The Morgan fingerprint density at radius 2 is 0.536 bits per heavy atom. The molecule has 0 aliphatic heterocycles. The summed E-state index contributed by atoms with van der Waals surface area (Å²) in [6.07, 6.45) is 33.6. The first kappa shape index (κ1) is 28.0. The van der Waals surface area contributed by atoms with Crippen molar-refractivity contribution in [2.75, 3.05) is 0 Å². The minimum atomic E-state index is 0.586. The fraction of sp³-hybridized carbons (Fsp3) is 1.00. The van der Waals surface area contributed by atoms with Gasteiger partial charge in [0.25, 0.3) is 0 Å². The van der Waals surface area contributed by atoms with Gasteiger partial charge in [0.1, 0.15) is 0 Å². The molecule has 0 amide bonds. The first-order chi connectivity index (χ1) is 13.6. The predicted molar refractivity (Wildman–Crippen MR) is 131 cm³/mol. The Morgan fingerprint density at radius 1 is 0.321 bits per heavy atom. The largest absolute Gasteiger partial charge is 0.0654 e. The zero-order valence-electron chi connectivity index (χ0n) is 20.8. The van der Waals surface area contributed by atoms with Crippen LogP contribution >= 0.6 is 0 Å². The maximum atomic E-state index is 2.50. The second-order valence-corrected chi connectivity index (χ2v) is 10.4. The van der Waals surface area contributed by atoms with Crippen LogP contribution in [0.5, 0.6) is 0 Å². The molecular formula is C28H58. The van der Waals surface area contributed by atoms with Crippen molar-refractivity contribution in [2.45, 2.75) is 175 Å². The molecule has 0 saturated heterocycles. The van der Waals surface area contributed by atoms with Gasteiger partial charge in [-0.1, -0.05) is 163 Å². The molecule has 0 aliphatic rings. The minimum Gasteiger partial charge on any atom is -0.0654 e. The van der Waals surface area contributed by atoms with E-state index in [4.69, 9.17) is 0 Å². The zero-order valence-corrected chi connectivity index (χ0v) is 20.8. The number of unbranched alkanes of at least 4 members (excludes halogenated alkanes) is 19. The highest BCUT2D eigenvalue weighted by molar-refractivity contribution is 4.68. The summed E-state index contributed by atoms with van der Waals surface area (Å²) in [6, 6.07) is 0. The topological polar surface area (TPSA) is 0 Å². The fourth-order valence-corrected chi connectivity index (χ4v) is 4.48. The van der Waals surface area contributed by atoms with Crippen LogP contribution < -0.4 is 0 Å². The molecule has 0 rings (SSSR count). The van der Waals surface area contributed by atoms with E-state index in [-0.39, 0.29) is 0 Å². The highest BCUT2D eigenvalue weighted by atomic mass is 14.2. The van der Waals surface area contributed by atoms with E-state index in [2.05, 4.69) is 27.7 Å². The Morgan fingerprint density at radius 3 is 0.786 bits per heavy atom. The Balaban J connectivity index is 3.22. The molecule has 0 aliphatic carbocycles. The lowest BCUT2D eigenvalue weighted by atomic mass is 9.82. The molecule has 0 heterocycles. The molecule has 0 aromatic carbocycles. The van der Waals surface area contributed by atoms with E-state index in [1.165, 1.54) is 148 Å². The number of hydrogen-bond acceptors (Lipinski definition) is 0. The summed E-state index contributed by atoms with van der Waals surface area (Å²) in [7, 11) is 0. The molecule has 0 radical (unpaired) electrons. The van der Waals surface area contributed by atoms with Crippen molar-refractivity contribution < 1.29 is 0 Å². The van der Waals surface area contributed by atoms with Crippen molar-refractivity contribution in [3.63, 3.8) is 0 Å².